The quantitative estimate of drug-likeness (QED) is 0.879. The van der Waals surface area contributed by atoms with Gasteiger partial charge in [-0.05, 0) is 38.4 Å². The molecule has 1 saturated carbocycles. The van der Waals surface area contributed by atoms with E-state index in [1.165, 1.54) is 0 Å². The van der Waals surface area contributed by atoms with Crippen LogP contribution in [0, 0.1) is 6.92 Å². The van der Waals surface area contributed by atoms with Crippen LogP contribution in [-0.2, 0) is 4.79 Å². The second-order valence-electron chi connectivity index (χ2n) is 6.08. The van der Waals surface area contributed by atoms with Crippen molar-refractivity contribution in [3.05, 3.63) is 28.8 Å². The maximum atomic E-state index is 12.1. The van der Waals surface area contributed by atoms with Crippen LogP contribution < -0.4 is 5.32 Å². The van der Waals surface area contributed by atoms with Crippen LogP contribution in [0.1, 0.15) is 31.2 Å². The largest absolute Gasteiger partial charge is 0.389 e. The molecule has 1 aliphatic carbocycles. The molecule has 2 rings (SSSR count). The Morgan fingerprint density at radius 1 is 1.43 bits per heavy atom. The number of nitrogens with one attached hydrogen (secondary N) is 1. The zero-order valence-corrected chi connectivity index (χ0v) is 13.4. The Morgan fingerprint density at radius 3 is 2.71 bits per heavy atom. The number of benzene rings is 1. The van der Waals surface area contributed by atoms with Gasteiger partial charge in [0.25, 0.3) is 0 Å². The third kappa shape index (κ3) is 4.43. The van der Waals surface area contributed by atoms with E-state index in [-0.39, 0.29) is 12.5 Å². The van der Waals surface area contributed by atoms with E-state index in [1.54, 1.807) is 6.07 Å². The maximum absolute atomic E-state index is 12.1. The Hall–Kier alpha value is -1.10. The molecule has 1 aromatic carbocycles. The molecule has 0 aromatic heterocycles. The van der Waals surface area contributed by atoms with E-state index < -0.39 is 5.60 Å². The summed E-state index contributed by atoms with van der Waals surface area (Å²) in [4.78, 5) is 14.0. The number of anilines is 1. The molecule has 1 aromatic rings. The van der Waals surface area contributed by atoms with Crippen LogP contribution in [0.5, 0.6) is 0 Å². The standard InChI is InChI=1S/C16H23ClN2O2/c1-12-6-5-7-13(17)15(12)18-14(20)10-19(2)11-16(21)8-3-4-9-16/h5-7,21H,3-4,8-11H2,1-2H3,(H,18,20). The van der Waals surface area contributed by atoms with Gasteiger partial charge in [-0.3, -0.25) is 9.69 Å². The molecule has 1 amide bonds. The van der Waals surface area contributed by atoms with Crippen molar-refractivity contribution in [2.45, 2.75) is 38.2 Å². The minimum atomic E-state index is -0.630. The zero-order chi connectivity index (χ0) is 15.5. The highest BCUT2D eigenvalue weighted by molar-refractivity contribution is 6.33. The number of likely N-dealkylation sites (N-methyl/N-ethyl adjacent to an activating group) is 1. The fraction of sp³-hybridized carbons (Fsp3) is 0.562. The van der Waals surface area contributed by atoms with Crippen molar-refractivity contribution in [2.75, 3.05) is 25.5 Å². The Balaban J connectivity index is 1.89. The average molecular weight is 311 g/mol. The number of hydrogen-bond donors (Lipinski definition) is 2. The van der Waals surface area contributed by atoms with Crippen LogP contribution >= 0.6 is 11.6 Å². The van der Waals surface area contributed by atoms with E-state index in [0.29, 0.717) is 17.3 Å². The van der Waals surface area contributed by atoms with Crippen molar-refractivity contribution >= 4 is 23.2 Å². The summed E-state index contributed by atoms with van der Waals surface area (Å²) in [5.41, 5.74) is 0.972. The molecule has 0 saturated heterocycles. The van der Waals surface area contributed by atoms with E-state index in [9.17, 15) is 9.90 Å². The van der Waals surface area contributed by atoms with Crippen molar-refractivity contribution in [1.82, 2.24) is 4.90 Å². The first-order chi connectivity index (χ1) is 9.89. The number of nitrogens with zero attached hydrogens (tertiary/aromatic N) is 1. The molecule has 2 N–H and O–H groups in total. The van der Waals surface area contributed by atoms with Gasteiger partial charge in [-0.15, -0.1) is 0 Å². The molecular weight excluding hydrogens is 288 g/mol. The highest BCUT2D eigenvalue weighted by atomic mass is 35.5. The molecule has 0 heterocycles. The van der Waals surface area contributed by atoms with E-state index in [1.807, 2.05) is 31.0 Å². The minimum Gasteiger partial charge on any atom is -0.389 e. The molecule has 0 atom stereocenters. The smallest absolute Gasteiger partial charge is 0.238 e. The Labute approximate surface area is 131 Å². The first kappa shape index (κ1) is 16.3. The molecule has 0 spiro atoms. The molecule has 5 heteroatoms. The van der Waals surface area contributed by atoms with E-state index in [0.717, 1.165) is 31.2 Å². The molecule has 1 aliphatic rings. The predicted octanol–water partition coefficient (Wildman–Crippen LogP) is 2.82. The molecule has 4 nitrogen and oxygen atoms in total. The molecule has 0 unspecified atom stereocenters. The third-order valence-corrected chi connectivity index (χ3v) is 4.31. The van der Waals surface area contributed by atoms with Crippen molar-refractivity contribution < 1.29 is 9.90 Å². The molecule has 1 fully saturated rings. The summed E-state index contributed by atoms with van der Waals surface area (Å²) in [5, 5.41) is 13.8. The number of carbonyl (C=O) groups is 1. The molecule has 21 heavy (non-hydrogen) atoms. The summed E-state index contributed by atoms with van der Waals surface area (Å²) in [7, 11) is 1.86. The number of aryl methyl sites for hydroxylation is 1. The fourth-order valence-electron chi connectivity index (χ4n) is 2.96. The van der Waals surface area contributed by atoms with Crippen LogP contribution in [0.4, 0.5) is 5.69 Å². The van der Waals surface area contributed by atoms with E-state index in [4.69, 9.17) is 11.6 Å². The van der Waals surface area contributed by atoms with Gasteiger partial charge in [0, 0.05) is 6.54 Å². The lowest BCUT2D eigenvalue weighted by molar-refractivity contribution is -0.117. The number of hydrogen-bond acceptors (Lipinski definition) is 3. The first-order valence-electron chi connectivity index (χ1n) is 7.35. The van der Waals surface area contributed by atoms with Gasteiger partial charge < -0.3 is 10.4 Å². The topological polar surface area (TPSA) is 52.6 Å². The van der Waals surface area contributed by atoms with Gasteiger partial charge in [-0.25, -0.2) is 0 Å². The lowest BCUT2D eigenvalue weighted by atomic mass is 10.0. The van der Waals surface area contributed by atoms with Crippen molar-refractivity contribution in [3.63, 3.8) is 0 Å². The van der Waals surface area contributed by atoms with Gasteiger partial charge in [-0.2, -0.15) is 0 Å². The number of amides is 1. The van der Waals surface area contributed by atoms with Gasteiger partial charge in [0.05, 0.1) is 22.9 Å². The van der Waals surface area contributed by atoms with Crippen LogP contribution in [0.2, 0.25) is 5.02 Å². The summed E-state index contributed by atoms with van der Waals surface area (Å²) < 4.78 is 0. The average Bonchev–Trinajstić information content (AvgIpc) is 2.80. The van der Waals surface area contributed by atoms with Gasteiger partial charge in [0.15, 0.2) is 0 Å². The number of para-hydroxylation sites is 1. The Kier molecular flexibility index (Phi) is 5.25. The molecule has 116 valence electrons. The number of halogens is 1. The monoisotopic (exact) mass is 310 g/mol. The fourth-order valence-corrected chi connectivity index (χ4v) is 3.23. The number of carbonyl (C=O) groups excluding carboxylic acids is 1. The highest BCUT2D eigenvalue weighted by Gasteiger charge is 2.32. The molecular formula is C16H23ClN2O2. The summed E-state index contributed by atoms with van der Waals surface area (Å²) in [6.07, 6.45) is 3.77. The number of aliphatic hydroxyl groups is 1. The van der Waals surface area contributed by atoms with Crippen molar-refractivity contribution in [1.29, 1.82) is 0 Å². The first-order valence-corrected chi connectivity index (χ1v) is 7.73. The van der Waals surface area contributed by atoms with Crippen LogP contribution in [0.25, 0.3) is 0 Å². The van der Waals surface area contributed by atoms with Crippen LogP contribution in [0.3, 0.4) is 0 Å². The lowest BCUT2D eigenvalue weighted by Gasteiger charge is -2.28. The predicted molar refractivity (Wildman–Crippen MR) is 85.7 cm³/mol. The second-order valence-corrected chi connectivity index (χ2v) is 6.49. The number of rotatable bonds is 5. The summed E-state index contributed by atoms with van der Waals surface area (Å²) >= 11 is 6.10. The third-order valence-electron chi connectivity index (χ3n) is 4.00. The van der Waals surface area contributed by atoms with Crippen LogP contribution in [0.15, 0.2) is 18.2 Å². The Bertz CT molecular complexity index is 493. The molecule has 0 aliphatic heterocycles. The summed E-state index contributed by atoms with van der Waals surface area (Å²) in [6.45, 7) is 2.68. The minimum absolute atomic E-state index is 0.115. The normalized spacial score (nSPS) is 17.2. The lowest BCUT2D eigenvalue weighted by Crippen LogP contribution is -2.42. The van der Waals surface area contributed by atoms with Crippen molar-refractivity contribution in [3.8, 4) is 0 Å². The molecule has 0 radical (unpaired) electrons. The van der Waals surface area contributed by atoms with Crippen molar-refractivity contribution in [2.24, 2.45) is 0 Å². The van der Waals surface area contributed by atoms with Gasteiger partial charge in [0.1, 0.15) is 0 Å². The zero-order valence-electron chi connectivity index (χ0n) is 12.7. The van der Waals surface area contributed by atoms with Crippen LogP contribution in [-0.4, -0.2) is 41.7 Å². The Morgan fingerprint density at radius 2 is 2.10 bits per heavy atom. The molecule has 0 bridgehead atoms. The maximum Gasteiger partial charge on any atom is 0.238 e. The second kappa shape index (κ2) is 6.77. The summed E-state index contributed by atoms with van der Waals surface area (Å²) in [6, 6.07) is 5.52. The highest BCUT2D eigenvalue weighted by Crippen LogP contribution is 2.30. The summed E-state index contributed by atoms with van der Waals surface area (Å²) in [5.74, 6) is -0.115. The van der Waals surface area contributed by atoms with Gasteiger partial charge in [-0.1, -0.05) is 36.6 Å². The van der Waals surface area contributed by atoms with Gasteiger partial charge >= 0.3 is 0 Å². The SMILES string of the molecule is Cc1cccc(Cl)c1NC(=O)CN(C)CC1(O)CCCC1. The van der Waals surface area contributed by atoms with E-state index in [2.05, 4.69) is 5.32 Å². The van der Waals surface area contributed by atoms with E-state index >= 15 is 0 Å². The van der Waals surface area contributed by atoms with Gasteiger partial charge in [0.2, 0.25) is 5.91 Å².